The van der Waals surface area contributed by atoms with Gasteiger partial charge in [-0.1, -0.05) is 0 Å². The summed E-state index contributed by atoms with van der Waals surface area (Å²) in [6.07, 6.45) is 1.06. The molecule has 0 unspecified atom stereocenters. The lowest BCUT2D eigenvalue weighted by Crippen LogP contribution is -2.44. The lowest BCUT2D eigenvalue weighted by Gasteiger charge is -2.27. The summed E-state index contributed by atoms with van der Waals surface area (Å²) in [7, 11) is 9.18. The number of hydrogen-bond acceptors (Lipinski definition) is 3. The Morgan fingerprint density at radius 2 is 1.25 bits per heavy atom. The number of rotatable bonds is 7. The van der Waals surface area contributed by atoms with Crippen LogP contribution in [-0.4, -0.2) is 62.3 Å². The summed E-state index contributed by atoms with van der Waals surface area (Å²) in [4.78, 5) is 0. The van der Waals surface area contributed by atoms with Crippen LogP contribution in [0, 0.1) is 0 Å². The summed E-state index contributed by atoms with van der Waals surface area (Å²) in [6.45, 7) is 1.10. The Morgan fingerprint density at radius 3 is 1.50 bits per heavy atom. The first-order valence-electron chi connectivity index (χ1n) is 4.85. The molecule has 0 bridgehead atoms. The smallest absolute Gasteiger partial charge is 0.377 e. The van der Waals surface area contributed by atoms with Gasteiger partial charge in [0.05, 0.1) is 27.7 Å². The summed E-state index contributed by atoms with van der Waals surface area (Å²) >= 11 is 0. The van der Waals surface area contributed by atoms with Gasteiger partial charge in [0.15, 0.2) is 0 Å². The van der Waals surface area contributed by atoms with E-state index in [-0.39, 0.29) is 24.8 Å². The van der Waals surface area contributed by atoms with Crippen LogP contribution in [0.5, 0.6) is 0 Å². The van der Waals surface area contributed by atoms with Crippen LogP contribution in [0.15, 0.2) is 0 Å². The third-order valence-electron chi connectivity index (χ3n) is 2.24. The molecule has 0 N–H and O–H groups in total. The van der Waals surface area contributed by atoms with E-state index < -0.39 is 8.80 Å². The topological polar surface area (TPSA) is 27.7 Å². The predicted molar refractivity (Wildman–Crippen MR) is 73.6 cm³/mol. The lowest BCUT2D eigenvalue weighted by molar-refractivity contribution is -0.870. The van der Waals surface area contributed by atoms with E-state index in [1.165, 1.54) is 0 Å². The maximum Gasteiger partial charge on any atom is 0.500 e. The molecule has 7 heteroatoms. The van der Waals surface area contributed by atoms with E-state index in [1.807, 2.05) is 0 Å². The van der Waals surface area contributed by atoms with Gasteiger partial charge in [-0.25, -0.2) is 0 Å². The first kappa shape index (κ1) is 21.9. The van der Waals surface area contributed by atoms with Crippen molar-refractivity contribution < 1.29 is 17.8 Å². The van der Waals surface area contributed by atoms with Gasteiger partial charge >= 0.3 is 8.80 Å². The van der Waals surface area contributed by atoms with Crippen molar-refractivity contribution in [1.82, 2.24) is 0 Å². The van der Waals surface area contributed by atoms with Crippen LogP contribution in [0.4, 0.5) is 0 Å². The molecule has 0 aliphatic rings. The van der Waals surface area contributed by atoms with E-state index in [4.69, 9.17) is 13.3 Å². The molecule has 0 aromatic carbocycles. The van der Waals surface area contributed by atoms with E-state index in [9.17, 15) is 0 Å². The molecule has 0 radical (unpaired) electrons. The van der Waals surface area contributed by atoms with Crippen molar-refractivity contribution in [2.24, 2.45) is 0 Å². The first-order valence-corrected chi connectivity index (χ1v) is 6.78. The highest BCUT2D eigenvalue weighted by Crippen LogP contribution is 2.15. The van der Waals surface area contributed by atoms with E-state index in [1.54, 1.807) is 21.3 Å². The van der Waals surface area contributed by atoms with Gasteiger partial charge in [0.25, 0.3) is 0 Å². The van der Waals surface area contributed by atoms with Gasteiger partial charge in [-0.15, -0.1) is 24.8 Å². The monoisotopic (exact) mass is 294 g/mol. The van der Waals surface area contributed by atoms with Crippen LogP contribution >= 0.6 is 24.8 Å². The summed E-state index contributed by atoms with van der Waals surface area (Å²) in [5.74, 6) is 0. The van der Waals surface area contributed by atoms with E-state index in [0.717, 1.165) is 23.5 Å². The maximum absolute atomic E-state index is 5.34. The molecule has 102 valence electrons. The molecule has 0 spiro atoms. The van der Waals surface area contributed by atoms with Crippen LogP contribution in [0.25, 0.3) is 0 Å². The van der Waals surface area contributed by atoms with Gasteiger partial charge in [0.1, 0.15) is 0 Å². The zero-order chi connectivity index (χ0) is 11.2. The number of halogens is 2. The van der Waals surface area contributed by atoms with Gasteiger partial charge in [0.2, 0.25) is 0 Å². The quantitative estimate of drug-likeness (QED) is 0.529. The van der Waals surface area contributed by atoms with Crippen LogP contribution < -0.4 is 0 Å². The second kappa shape index (κ2) is 9.64. The Balaban J connectivity index is -0.000000845. The molecule has 16 heavy (non-hydrogen) atoms. The van der Waals surface area contributed by atoms with Crippen molar-refractivity contribution in [3.05, 3.63) is 0 Å². The largest absolute Gasteiger partial charge is 0.500 e. The standard InChI is InChI=1S/C9H24NO3Si.2ClH/c1-10(2,3)8-7-9-14(11-4,12-5)13-6;;/h7-9H2,1-6H3;2*1H/q+1;;. The summed E-state index contributed by atoms with van der Waals surface area (Å²) in [6, 6.07) is 0.881. The number of quaternary nitrogens is 1. The summed E-state index contributed by atoms with van der Waals surface area (Å²) in [5.41, 5.74) is 0. The van der Waals surface area contributed by atoms with Crippen molar-refractivity contribution in [3.8, 4) is 0 Å². The predicted octanol–water partition coefficient (Wildman–Crippen LogP) is 1.80. The molecule has 0 heterocycles. The molecule has 0 aliphatic heterocycles. The summed E-state index contributed by atoms with van der Waals surface area (Å²) < 4.78 is 17.0. The van der Waals surface area contributed by atoms with E-state index in [2.05, 4.69) is 21.1 Å². The first-order chi connectivity index (χ1) is 6.39. The zero-order valence-corrected chi connectivity index (χ0v) is 13.7. The lowest BCUT2D eigenvalue weighted by atomic mass is 10.4. The molecule has 0 aliphatic carbocycles. The van der Waals surface area contributed by atoms with Crippen molar-refractivity contribution in [1.29, 1.82) is 0 Å². The average molecular weight is 295 g/mol. The van der Waals surface area contributed by atoms with Crippen LogP contribution in [0.1, 0.15) is 6.42 Å². The van der Waals surface area contributed by atoms with Crippen LogP contribution in [0.2, 0.25) is 6.04 Å². The third kappa shape index (κ3) is 8.75. The molecule has 0 saturated carbocycles. The highest BCUT2D eigenvalue weighted by atomic mass is 35.5. The second-order valence-corrected chi connectivity index (χ2v) is 7.50. The number of hydrogen-bond donors (Lipinski definition) is 0. The van der Waals surface area contributed by atoms with Gasteiger partial charge in [-0.3, -0.25) is 0 Å². The highest BCUT2D eigenvalue weighted by molar-refractivity contribution is 6.60. The molecular weight excluding hydrogens is 269 g/mol. The van der Waals surface area contributed by atoms with E-state index in [0.29, 0.717) is 0 Å². The average Bonchev–Trinajstić information content (AvgIpc) is 2.11. The molecule has 4 nitrogen and oxygen atoms in total. The Hall–Kier alpha value is 0.637. The molecule has 0 saturated heterocycles. The fourth-order valence-corrected chi connectivity index (χ4v) is 3.03. The zero-order valence-electron chi connectivity index (χ0n) is 11.1. The van der Waals surface area contributed by atoms with Crippen molar-refractivity contribution >= 4 is 33.6 Å². The highest BCUT2D eigenvalue weighted by Gasteiger charge is 2.37. The van der Waals surface area contributed by atoms with Gasteiger partial charge in [0, 0.05) is 33.8 Å². The Kier molecular flexibility index (Phi) is 13.2. The normalized spacial score (nSPS) is 11.6. The molecule has 0 aromatic rings. The van der Waals surface area contributed by atoms with Gasteiger partial charge in [-0.05, 0) is 0 Å². The fourth-order valence-electron chi connectivity index (χ4n) is 1.33. The van der Waals surface area contributed by atoms with Gasteiger partial charge < -0.3 is 17.8 Å². The van der Waals surface area contributed by atoms with Crippen molar-refractivity contribution in [2.45, 2.75) is 12.5 Å². The van der Waals surface area contributed by atoms with Gasteiger partial charge in [-0.2, -0.15) is 0 Å². The maximum atomic E-state index is 5.34. The second-order valence-electron chi connectivity index (χ2n) is 4.41. The molecule has 0 atom stereocenters. The molecule has 0 fully saturated rings. The Morgan fingerprint density at radius 1 is 0.875 bits per heavy atom. The van der Waals surface area contributed by atoms with Crippen LogP contribution in [-0.2, 0) is 13.3 Å². The van der Waals surface area contributed by atoms with Crippen molar-refractivity contribution in [2.75, 3.05) is 49.0 Å². The Bertz CT molecular complexity index is 155. The minimum absolute atomic E-state index is 0. The molecular formula is C9H26Cl2NO3Si+. The van der Waals surface area contributed by atoms with Crippen molar-refractivity contribution in [3.63, 3.8) is 0 Å². The SMILES string of the molecule is CO[Si](CCC[N+](C)(C)C)(OC)OC.Cl.Cl. The minimum atomic E-state index is -2.33. The fraction of sp³-hybridized carbons (Fsp3) is 1.00. The molecule has 0 rings (SSSR count). The van der Waals surface area contributed by atoms with E-state index >= 15 is 0 Å². The minimum Gasteiger partial charge on any atom is -0.377 e. The molecule has 0 aromatic heterocycles. The summed E-state index contributed by atoms with van der Waals surface area (Å²) in [5, 5.41) is 0. The molecule has 0 amide bonds. The van der Waals surface area contributed by atoms with Crippen LogP contribution in [0.3, 0.4) is 0 Å². The number of nitrogens with zero attached hydrogens (tertiary/aromatic N) is 1. The Labute approximate surface area is 113 Å². The third-order valence-corrected chi connectivity index (χ3v) is 5.08.